The highest BCUT2D eigenvalue weighted by atomic mass is 32.2. The molecule has 2 aliphatic heterocycles. The van der Waals surface area contributed by atoms with E-state index in [4.69, 9.17) is 14.7 Å². The van der Waals surface area contributed by atoms with Crippen molar-refractivity contribution in [3.8, 4) is 11.1 Å². The number of rotatable bonds is 5. The first kappa shape index (κ1) is 23.2. The number of benzene rings is 1. The maximum absolute atomic E-state index is 12.6. The van der Waals surface area contributed by atoms with E-state index in [2.05, 4.69) is 28.7 Å². The fourth-order valence-electron chi connectivity index (χ4n) is 4.65. The summed E-state index contributed by atoms with van der Waals surface area (Å²) in [6, 6.07) is 11.6. The Balaban J connectivity index is 1.68. The van der Waals surface area contributed by atoms with Gasteiger partial charge in [0, 0.05) is 24.7 Å². The van der Waals surface area contributed by atoms with E-state index in [9.17, 15) is 8.42 Å². The molecule has 1 unspecified atom stereocenters. The minimum atomic E-state index is -3.33. The molecule has 4 heterocycles. The Morgan fingerprint density at radius 2 is 1.97 bits per heavy atom. The van der Waals surface area contributed by atoms with Crippen LogP contribution < -0.4 is 15.8 Å². The predicted molar refractivity (Wildman–Crippen MR) is 133 cm³/mol. The third kappa shape index (κ3) is 4.17. The first-order chi connectivity index (χ1) is 16.4. The van der Waals surface area contributed by atoms with Gasteiger partial charge in [0.15, 0.2) is 9.84 Å². The summed E-state index contributed by atoms with van der Waals surface area (Å²) >= 11 is 0. The van der Waals surface area contributed by atoms with Crippen LogP contribution in [0.15, 0.2) is 47.5 Å². The number of fused-ring (bicyclic) bond motifs is 1. The van der Waals surface area contributed by atoms with Crippen LogP contribution in [0, 0.1) is 0 Å². The summed E-state index contributed by atoms with van der Waals surface area (Å²) in [6.45, 7) is 8.51. The molecule has 0 radical (unpaired) electrons. The lowest BCUT2D eigenvalue weighted by Gasteiger charge is -2.34. The van der Waals surface area contributed by atoms with Crippen LogP contribution >= 0.6 is 0 Å². The lowest BCUT2D eigenvalue weighted by Crippen LogP contribution is -2.44. The van der Waals surface area contributed by atoms with Crippen LogP contribution in [0.1, 0.15) is 38.9 Å². The van der Waals surface area contributed by atoms with Crippen molar-refractivity contribution in [3.05, 3.63) is 48.3 Å². The van der Waals surface area contributed by atoms with Gasteiger partial charge in [-0.2, -0.15) is 0 Å². The zero-order valence-corrected chi connectivity index (χ0v) is 20.6. The summed E-state index contributed by atoms with van der Waals surface area (Å²) in [6.07, 6.45) is 2.76. The number of nitrogens with zero attached hydrogens (tertiary/aromatic N) is 3. The monoisotopic (exact) mass is 481 g/mol. The molecule has 2 aliphatic rings. The fourth-order valence-corrected chi connectivity index (χ4v) is 5.71. The van der Waals surface area contributed by atoms with Gasteiger partial charge in [-0.1, -0.05) is 12.1 Å². The Kier molecular flexibility index (Phi) is 6.28. The summed E-state index contributed by atoms with van der Waals surface area (Å²) in [7, 11) is -3.33. The van der Waals surface area contributed by atoms with Gasteiger partial charge in [-0.25, -0.2) is 18.8 Å². The summed E-state index contributed by atoms with van der Waals surface area (Å²) in [5, 5.41) is 0.540. The Morgan fingerprint density at radius 3 is 2.65 bits per heavy atom. The van der Waals surface area contributed by atoms with Crippen molar-refractivity contribution in [2.75, 3.05) is 31.2 Å². The molecule has 180 valence electrons. The summed E-state index contributed by atoms with van der Waals surface area (Å²) in [5.41, 5.74) is 10.3. The van der Waals surface area contributed by atoms with Crippen LogP contribution in [0.4, 0.5) is 5.82 Å². The van der Waals surface area contributed by atoms with E-state index in [-0.39, 0.29) is 12.1 Å². The molecule has 0 amide bonds. The molecule has 34 heavy (non-hydrogen) atoms. The number of ether oxygens (including phenoxy) is 1. The van der Waals surface area contributed by atoms with E-state index in [1.54, 1.807) is 26.0 Å². The number of morpholine rings is 1. The number of hydrogen-bond donors (Lipinski definition) is 2. The van der Waals surface area contributed by atoms with E-state index in [0.29, 0.717) is 18.1 Å². The van der Waals surface area contributed by atoms with Crippen molar-refractivity contribution >= 4 is 26.6 Å². The first-order valence-corrected chi connectivity index (χ1v) is 13.4. The van der Waals surface area contributed by atoms with Gasteiger partial charge in [-0.15, -0.1) is 0 Å². The van der Waals surface area contributed by atoms with Gasteiger partial charge in [0.1, 0.15) is 5.82 Å². The molecule has 0 bridgehead atoms. The predicted octanol–water partition coefficient (Wildman–Crippen LogP) is 3.24. The van der Waals surface area contributed by atoms with Gasteiger partial charge >= 0.3 is 0 Å². The molecule has 8 nitrogen and oxygen atoms in total. The van der Waals surface area contributed by atoms with Crippen LogP contribution in [0.3, 0.4) is 0 Å². The van der Waals surface area contributed by atoms with E-state index in [1.165, 1.54) is 0 Å². The normalized spacial score (nSPS) is 21.5. The van der Waals surface area contributed by atoms with Crippen molar-refractivity contribution in [1.82, 2.24) is 20.8 Å². The van der Waals surface area contributed by atoms with Gasteiger partial charge in [-0.3, -0.25) is 10.4 Å². The molecule has 9 heteroatoms. The standard InChI is InChI=1S/C25H31N5O3S/c1-16(2)34(31,32)19-6-4-18(5-7-19)21-14-23(30-12-13-33-15-17(30)3)28-24-20(21)8-10-26-25(24)22-9-11-27-29-22/h4-8,10,14,16-17,22,27,29H,9,11-13,15H2,1-3H3/t17-,22?/m1/s1. The van der Waals surface area contributed by atoms with Crippen molar-refractivity contribution < 1.29 is 13.2 Å². The fraction of sp³-hybridized carbons (Fsp3) is 0.440. The second kappa shape index (κ2) is 9.22. The van der Waals surface area contributed by atoms with Crippen molar-refractivity contribution in [2.24, 2.45) is 0 Å². The minimum absolute atomic E-state index is 0.0833. The number of aromatic nitrogens is 2. The van der Waals surface area contributed by atoms with Gasteiger partial charge < -0.3 is 9.64 Å². The maximum Gasteiger partial charge on any atom is 0.180 e. The lowest BCUT2D eigenvalue weighted by molar-refractivity contribution is 0.0986. The number of sulfone groups is 1. The minimum Gasteiger partial charge on any atom is -0.377 e. The molecule has 2 saturated heterocycles. The Hall–Kier alpha value is -2.59. The second-order valence-electron chi connectivity index (χ2n) is 9.27. The lowest BCUT2D eigenvalue weighted by atomic mass is 9.99. The highest BCUT2D eigenvalue weighted by molar-refractivity contribution is 7.92. The molecule has 2 N–H and O–H groups in total. The van der Waals surface area contributed by atoms with E-state index < -0.39 is 15.1 Å². The van der Waals surface area contributed by atoms with Crippen LogP contribution in [-0.4, -0.2) is 56.0 Å². The van der Waals surface area contributed by atoms with Crippen molar-refractivity contribution in [3.63, 3.8) is 0 Å². The Labute approximate surface area is 200 Å². The molecular weight excluding hydrogens is 450 g/mol. The summed E-state index contributed by atoms with van der Waals surface area (Å²) in [4.78, 5) is 12.4. The number of hydrazine groups is 1. The van der Waals surface area contributed by atoms with Crippen LogP contribution in [0.25, 0.3) is 22.0 Å². The maximum atomic E-state index is 12.6. The van der Waals surface area contributed by atoms with Crippen LogP contribution in [0.5, 0.6) is 0 Å². The second-order valence-corrected chi connectivity index (χ2v) is 11.8. The molecule has 2 aromatic heterocycles. The SMILES string of the molecule is CC(C)S(=O)(=O)c1ccc(-c2cc(N3CCOC[C@H]3C)nc3c(C4CCNN4)nccc23)cc1. The van der Waals surface area contributed by atoms with Crippen LogP contribution in [-0.2, 0) is 14.6 Å². The van der Waals surface area contributed by atoms with E-state index in [0.717, 1.165) is 53.1 Å². The van der Waals surface area contributed by atoms with Gasteiger partial charge in [0.05, 0.1) is 46.7 Å². The number of nitrogens with one attached hydrogen (secondary N) is 2. The van der Waals surface area contributed by atoms with Gasteiger partial charge in [-0.05, 0) is 62.6 Å². The average molecular weight is 482 g/mol. The summed E-state index contributed by atoms with van der Waals surface area (Å²) < 4.78 is 30.9. The number of anilines is 1. The molecule has 0 saturated carbocycles. The molecule has 5 rings (SSSR count). The molecule has 2 atom stereocenters. The van der Waals surface area contributed by atoms with Crippen molar-refractivity contribution in [2.45, 2.75) is 49.4 Å². The topological polar surface area (TPSA) is 96.5 Å². The third-order valence-electron chi connectivity index (χ3n) is 6.68. The van der Waals surface area contributed by atoms with Gasteiger partial charge in [0.2, 0.25) is 0 Å². The average Bonchev–Trinajstić information content (AvgIpc) is 3.38. The highest BCUT2D eigenvalue weighted by Crippen LogP contribution is 2.36. The molecule has 0 spiro atoms. The Morgan fingerprint density at radius 1 is 1.18 bits per heavy atom. The van der Waals surface area contributed by atoms with Gasteiger partial charge in [0.25, 0.3) is 0 Å². The molecule has 0 aliphatic carbocycles. The number of pyridine rings is 2. The number of hydrogen-bond acceptors (Lipinski definition) is 8. The zero-order valence-electron chi connectivity index (χ0n) is 19.8. The van der Waals surface area contributed by atoms with Crippen LogP contribution in [0.2, 0.25) is 0 Å². The molecule has 1 aromatic carbocycles. The highest BCUT2D eigenvalue weighted by Gasteiger charge is 2.26. The third-order valence-corrected chi connectivity index (χ3v) is 8.85. The largest absolute Gasteiger partial charge is 0.377 e. The van der Waals surface area contributed by atoms with Crippen molar-refractivity contribution in [1.29, 1.82) is 0 Å². The smallest absolute Gasteiger partial charge is 0.180 e. The molecule has 3 aromatic rings. The van der Waals surface area contributed by atoms with E-state index >= 15 is 0 Å². The quantitative estimate of drug-likeness (QED) is 0.573. The zero-order chi connectivity index (χ0) is 23.9. The molecule has 2 fully saturated rings. The summed E-state index contributed by atoms with van der Waals surface area (Å²) in [5.74, 6) is 0.886. The van der Waals surface area contributed by atoms with E-state index in [1.807, 2.05) is 24.4 Å². The Bertz CT molecular complexity index is 1290. The molecular formula is C25H31N5O3S. The first-order valence-electron chi connectivity index (χ1n) is 11.8.